The molecule has 0 aliphatic rings. The fourth-order valence-electron chi connectivity index (χ4n) is 3.51. The van der Waals surface area contributed by atoms with Crippen LogP contribution in [0.5, 0.6) is 5.75 Å². The zero-order chi connectivity index (χ0) is 24.4. The number of aromatic nitrogens is 5. The van der Waals surface area contributed by atoms with Crippen molar-refractivity contribution in [3.8, 4) is 17.0 Å². The van der Waals surface area contributed by atoms with Crippen LogP contribution in [0, 0.1) is 22.9 Å². The summed E-state index contributed by atoms with van der Waals surface area (Å²) in [5.41, 5.74) is 2.69. The van der Waals surface area contributed by atoms with E-state index in [1.807, 2.05) is 20.0 Å². The highest BCUT2D eigenvalue weighted by atomic mass is 79.9. The lowest BCUT2D eigenvalue weighted by atomic mass is 9.98. The van der Waals surface area contributed by atoms with Crippen LogP contribution in [0.3, 0.4) is 0 Å². The van der Waals surface area contributed by atoms with Crippen LogP contribution in [-0.4, -0.2) is 29.9 Å². The quantitative estimate of drug-likeness (QED) is 0.207. The first kappa shape index (κ1) is 23.9. The van der Waals surface area contributed by atoms with Crippen molar-refractivity contribution in [2.24, 2.45) is 0 Å². The van der Waals surface area contributed by atoms with Gasteiger partial charge in [0, 0.05) is 41.2 Å². The van der Waals surface area contributed by atoms with Crippen molar-refractivity contribution in [3.05, 3.63) is 78.2 Å². The van der Waals surface area contributed by atoms with E-state index in [1.165, 1.54) is 35.7 Å². The zero-order valence-electron chi connectivity index (χ0n) is 18.5. The lowest BCUT2D eigenvalue weighted by Crippen LogP contribution is -2.08. The summed E-state index contributed by atoms with van der Waals surface area (Å²) >= 11 is 4.79. The van der Waals surface area contributed by atoms with E-state index in [4.69, 9.17) is 9.72 Å². The molecule has 1 atom stereocenters. The standard InChI is InChI=1S/C22H20BrFN6O3S/c1-4-29-11-16(27-28-29)9-20-21(26-13(3)34-20)17-6-5-15(24)8-18(17)12(2)33-19-7-14(23)10-25-22(19)30(31)32/h5-8,10-12H,4,9H2,1-3H3/t12-/m1/s1. The number of halogens is 2. The van der Waals surface area contributed by atoms with Gasteiger partial charge >= 0.3 is 5.82 Å². The Kier molecular flexibility index (Phi) is 6.98. The first-order valence-corrected chi connectivity index (χ1v) is 12.0. The van der Waals surface area contributed by atoms with Crippen LogP contribution in [0.15, 0.2) is 41.1 Å². The molecule has 34 heavy (non-hydrogen) atoms. The molecule has 3 aromatic heterocycles. The fourth-order valence-corrected chi connectivity index (χ4v) is 4.79. The van der Waals surface area contributed by atoms with Crippen molar-refractivity contribution >= 4 is 33.1 Å². The minimum atomic E-state index is -0.726. The van der Waals surface area contributed by atoms with Gasteiger partial charge in [0.25, 0.3) is 0 Å². The summed E-state index contributed by atoms with van der Waals surface area (Å²) in [6, 6.07) is 5.85. The first-order valence-electron chi connectivity index (χ1n) is 10.4. The van der Waals surface area contributed by atoms with Crippen LogP contribution < -0.4 is 4.74 Å². The average Bonchev–Trinajstić information content (AvgIpc) is 3.39. The van der Waals surface area contributed by atoms with Gasteiger partial charge in [-0.05, 0) is 64.8 Å². The molecule has 1 aromatic carbocycles. The molecule has 176 valence electrons. The predicted octanol–water partition coefficient (Wildman–Crippen LogP) is 5.67. The largest absolute Gasteiger partial charge is 0.478 e. The normalized spacial score (nSPS) is 12.0. The Hall–Kier alpha value is -3.25. The molecule has 0 bridgehead atoms. The maximum atomic E-state index is 14.3. The highest BCUT2D eigenvalue weighted by Gasteiger charge is 2.24. The van der Waals surface area contributed by atoms with Crippen molar-refractivity contribution in [1.82, 2.24) is 25.0 Å². The second kappa shape index (κ2) is 9.94. The van der Waals surface area contributed by atoms with E-state index < -0.39 is 22.7 Å². The number of hydrogen-bond acceptors (Lipinski definition) is 8. The number of thiazole rings is 1. The van der Waals surface area contributed by atoms with Crippen molar-refractivity contribution in [3.63, 3.8) is 0 Å². The molecule has 0 fully saturated rings. The van der Waals surface area contributed by atoms with Gasteiger partial charge in [0.05, 0.1) is 20.9 Å². The van der Waals surface area contributed by atoms with E-state index in [0.717, 1.165) is 22.1 Å². The van der Waals surface area contributed by atoms with E-state index in [2.05, 4.69) is 31.2 Å². The number of nitro groups is 1. The predicted molar refractivity (Wildman–Crippen MR) is 128 cm³/mol. The Labute approximate surface area is 206 Å². The average molecular weight is 547 g/mol. The van der Waals surface area contributed by atoms with Gasteiger partial charge in [0.2, 0.25) is 5.75 Å². The Morgan fingerprint density at radius 1 is 1.35 bits per heavy atom. The van der Waals surface area contributed by atoms with Gasteiger partial charge in [-0.2, -0.15) is 0 Å². The second-order valence-electron chi connectivity index (χ2n) is 7.47. The van der Waals surface area contributed by atoms with Crippen LogP contribution in [0.25, 0.3) is 11.3 Å². The Balaban J connectivity index is 1.73. The smallest absolute Gasteiger partial charge is 0.406 e. The van der Waals surface area contributed by atoms with Gasteiger partial charge in [0.15, 0.2) is 6.20 Å². The fraction of sp³-hybridized carbons (Fsp3) is 0.273. The molecule has 0 N–H and O–H groups in total. The van der Waals surface area contributed by atoms with Crippen LogP contribution in [0.2, 0.25) is 0 Å². The summed E-state index contributed by atoms with van der Waals surface area (Å²) in [5.74, 6) is -0.888. The van der Waals surface area contributed by atoms with E-state index in [9.17, 15) is 14.5 Å². The van der Waals surface area contributed by atoms with Crippen molar-refractivity contribution in [2.75, 3.05) is 0 Å². The molecule has 12 heteroatoms. The molecule has 0 aliphatic heterocycles. The lowest BCUT2D eigenvalue weighted by Gasteiger charge is -2.18. The summed E-state index contributed by atoms with van der Waals surface area (Å²) in [7, 11) is 0. The van der Waals surface area contributed by atoms with Gasteiger partial charge in [-0.1, -0.05) is 5.21 Å². The molecule has 0 radical (unpaired) electrons. The molecular formula is C22H20BrFN6O3S. The van der Waals surface area contributed by atoms with Gasteiger partial charge in [-0.25, -0.2) is 9.37 Å². The molecule has 4 rings (SSSR count). The molecular weight excluding hydrogens is 527 g/mol. The number of ether oxygens (including phenoxy) is 1. The van der Waals surface area contributed by atoms with Gasteiger partial charge < -0.3 is 14.9 Å². The summed E-state index contributed by atoms with van der Waals surface area (Å²) in [5, 5.41) is 20.6. The maximum absolute atomic E-state index is 14.3. The lowest BCUT2D eigenvalue weighted by molar-refractivity contribution is -0.390. The van der Waals surface area contributed by atoms with E-state index >= 15 is 0 Å². The highest BCUT2D eigenvalue weighted by Crippen LogP contribution is 2.38. The third kappa shape index (κ3) is 5.12. The number of pyridine rings is 1. The third-order valence-electron chi connectivity index (χ3n) is 5.04. The monoisotopic (exact) mass is 546 g/mol. The summed E-state index contributed by atoms with van der Waals surface area (Å²) < 4.78 is 22.5. The molecule has 0 spiro atoms. The number of hydrogen-bond donors (Lipinski definition) is 0. The van der Waals surface area contributed by atoms with E-state index in [0.29, 0.717) is 27.7 Å². The van der Waals surface area contributed by atoms with Crippen molar-refractivity contribution < 1.29 is 14.1 Å². The summed E-state index contributed by atoms with van der Waals surface area (Å²) in [4.78, 5) is 20.3. The van der Waals surface area contributed by atoms with Crippen LogP contribution in [-0.2, 0) is 13.0 Å². The van der Waals surface area contributed by atoms with Gasteiger partial charge in [-0.3, -0.25) is 4.68 Å². The second-order valence-corrected chi connectivity index (χ2v) is 9.67. The molecule has 0 unspecified atom stereocenters. The highest BCUT2D eigenvalue weighted by molar-refractivity contribution is 9.10. The molecule has 3 heterocycles. The molecule has 4 aromatic rings. The molecule has 9 nitrogen and oxygen atoms in total. The summed E-state index contributed by atoms with van der Waals surface area (Å²) in [6.45, 7) is 6.31. The van der Waals surface area contributed by atoms with Crippen LogP contribution >= 0.6 is 27.3 Å². The SMILES string of the molecule is CCn1cc(Cc2sc(C)nc2-c2ccc(F)cc2[C@@H](C)Oc2cc(Br)cnc2[N+](=O)[O-])nn1. The molecule has 0 amide bonds. The van der Waals surface area contributed by atoms with Crippen LogP contribution in [0.4, 0.5) is 10.2 Å². The Morgan fingerprint density at radius 3 is 2.85 bits per heavy atom. The minimum Gasteiger partial charge on any atom is -0.478 e. The number of rotatable bonds is 8. The minimum absolute atomic E-state index is 0.0204. The number of benzene rings is 1. The number of nitrogens with zero attached hydrogens (tertiary/aromatic N) is 6. The molecule has 0 saturated carbocycles. The van der Waals surface area contributed by atoms with E-state index in [-0.39, 0.29) is 5.75 Å². The van der Waals surface area contributed by atoms with E-state index in [1.54, 1.807) is 17.7 Å². The Morgan fingerprint density at radius 2 is 2.15 bits per heavy atom. The van der Waals surface area contributed by atoms with Gasteiger partial charge in [0.1, 0.15) is 11.9 Å². The third-order valence-corrected chi connectivity index (χ3v) is 6.44. The Bertz CT molecular complexity index is 1360. The van der Waals surface area contributed by atoms with Gasteiger partial charge in [-0.15, -0.1) is 16.4 Å². The van der Waals surface area contributed by atoms with Crippen LogP contribution in [0.1, 0.15) is 41.1 Å². The van der Waals surface area contributed by atoms with Crippen molar-refractivity contribution in [2.45, 2.75) is 39.8 Å². The summed E-state index contributed by atoms with van der Waals surface area (Å²) in [6.07, 6.45) is 3.00. The maximum Gasteiger partial charge on any atom is 0.406 e. The topological polar surface area (TPSA) is 109 Å². The number of aryl methyl sites for hydroxylation is 2. The first-order chi connectivity index (χ1) is 16.2. The zero-order valence-corrected chi connectivity index (χ0v) is 20.9. The molecule has 0 saturated heterocycles. The van der Waals surface area contributed by atoms with Crippen molar-refractivity contribution in [1.29, 1.82) is 0 Å². The molecule has 0 aliphatic carbocycles.